The van der Waals surface area contributed by atoms with Crippen LogP contribution in [0.2, 0.25) is 5.02 Å². The van der Waals surface area contributed by atoms with Gasteiger partial charge in [0.1, 0.15) is 11.1 Å². The number of nitrogens with zero attached hydrogens (tertiary/aromatic N) is 2. The molecule has 2 nitrogen and oxygen atoms in total. The molecule has 0 atom stereocenters. The van der Waals surface area contributed by atoms with Crippen LogP contribution in [0.25, 0.3) is 22.9 Å². The zero-order chi connectivity index (χ0) is 17.1. The lowest BCUT2D eigenvalue weighted by molar-refractivity contribution is 1.34. The second kappa shape index (κ2) is 7.31. The van der Waals surface area contributed by atoms with Gasteiger partial charge in [-0.15, -0.1) is 11.3 Å². The molecular formula is C19H12BrClN2S. The van der Waals surface area contributed by atoms with Gasteiger partial charge in [0, 0.05) is 19.9 Å². The first-order valence-electron chi connectivity index (χ1n) is 7.18. The van der Waals surface area contributed by atoms with Crippen molar-refractivity contribution in [3.05, 3.63) is 73.5 Å². The van der Waals surface area contributed by atoms with Gasteiger partial charge in [0.05, 0.1) is 11.3 Å². The molecule has 0 aliphatic heterocycles. The summed E-state index contributed by atoms with van der Waals surface area (Å²) >= 11 is 10.9. The maximum absolute atomic E-state index is 9.52. The first-order valence-corrected chi connectivity index (χ1v) is 9.16. The molecule has 0 unspecified atom stereocenters. The number of allylic oxidation sites excluding steroid dienone is 1. The van der Waals surface area contributed by atoms with Crippen LogP contribution < -0.4 is 0 Å². The van der Waals surface area contributed by atoms with E-state index in [9.17, 15) is 5.26 Å². The van der Waals surface area contributed by atoms with Gasteiger partial charge in [0.2, 0.25) is 0 Å². The summed E-state index contributed by atoms with van der Waals surface area (Å²) in [6, 6.07) is 17.7. The average Bonchev–Trinajstić information content (AvgIpc) is 2.96. The molecule has 24 heavy (non-hydrogen) atoms. The molecule has 1 aromatic heterocycles. The van der Waals surface area contributed by atoms with E-state index in [1.807, 2.05) is 61.5 Å². The van der Waals surface area contributed by atoms with Gasteiger partial charge in [-0.05, 0) is 42.8 Å². The Hall–Kier alpha value is -1.93. The summed E-state index contributed by atoms with van der Waals surface area (Å²) < 4.78 is 1.03. The zero-order valence-electron chi connectivity index (χ0n) is 12.8. The lowest BCUT2D eigenvalue weighted by Gasteiger charge is -1.98. The van der Waals surface area contributed by atoms with E-state index in [1.54, 1.807) is 0 Å². The van der Waals surface area contributed by atoms with Crippen molar-refractivity contribution in [3.63, 3.8) is 0 Å². The van der Waals surface area contributed by atoms with Crippen molar-refractivity contribution in [1.29, 1.82) is 5.26 Å². The molecule has 3 rings (SSSR count). The number of hydrogen-bond acceptors (Lipinski definition) is 3. The largest absolute Gasteiger partial charge is 0.235 e. The highest BCUT2D eigenvalue weighted by Gasteiger charge is 2.13. The van der Waals surface area contributed by atoms with Gasteiger partial charge in [-0.1, -0.05) is 51.8 Å². The van der Waals surface area contributed by atoms with Crippen LogP contribution in [0.15, 0.2) is 53.0 Å². The third kappa shape index (κ3) is 3.76. The van der Waals surface area contributed by atoms with E-state index >= 15 is 0 Å². The van der Waals surface area contributed by atoms with Gasteiger partial charge >= 0.3 is 0 Å². The molecular weight excluding hydrogens is 404 g/mol. The number of aromatic nitrogens is 1. The van der Waals surface area contributed by atoms with Crippen molar-refractivity contribution >= 4 is 50.5 Å². The van der Waals surface area contributed by atoms with E-state index in [0.717, 1.165) is 31.2 Å². The Labute approximate surface area is 158 Å². The molecule has 3 aromatic rings. The topological polar surface area (TPSA) is 36.7 Å². The summed E-state index contributed by atoms with van der Waals surface area (Å²) in [5.41, 5.74) is 3.43. The van der Waals surface area contributed by atoms with Crippen molar-refractivity contribution in [3.8, 4) is 17.3 Å². The number of hydrogen-bond donors (Lipinski definition) is 0. The highest BCUT2D eigenvalue weighted by molar-refractivity contribution is 9.10. The van der Waals surface area contributed by atoms with Crippen LogP contribution in [0.1, 0.15) is 15.4 Å². The highest BCUT2D eigenvalue weighted by Crippen LogP contribution is 2.32. The molecule has 0 N–H and O–H groups in total. The maximum atomic E-state index is 9.52. The number of nitriles is 1. The Bertz CT molecular complexity index is 935. The fourth-order valence-electron chi connectivity index (χ4n) is 2.25. The van der Waals surface area contributed by atoms with Crippen molar-refractivity contribution in [2.24, 2.45) is 0 Å². The minimum absolute atomic E-state index is 0.550. The Morgan fingerprint density at radius 2 is 1.83 bits per heavy atom. The van der Waals surface area contributed by atoms with Gasteiger partial charge in [-0.3, -0.25) is 0 Å². The van der Waals surface area contributed by atoms with Crippen LogP contribution >= 0.6 is 38.9 Å². The summed E-state index contributed by atoms with van der Waals surface area (Å²) in [4.78, 5) is 5.77. The number of rotatable bonds is 3. The minimum atomic E-state index is 0.550. The van der Waals surface area contributed by atoms with Crippen molar-refractivity contribution in [2.75, 3.05) is 0 Å². The monoisotopic (exact) mass is 414 g/mol. The Morgan fingerprint density at radius 1 is 1.17 bits per heavy atom. The fourth-order valence-corrected chi connectivity index (χ4v) is 3.55. The molecule has 1 heterocycles. The SMILES string of the molecule is Cc1sc(C(C#N)=Cc2ccc(Cl)cc2)nc1-c1ccc(Br)cc1. The Morgan fingerprint density at radius 3 is 2.46 bits per heavy atom. The van der Waals surface area contributed by atoms with Crippen molar-refractivity contribution in [1.82, 2.24) is 4.98 Å². The summed E-state index contributed by atoms with van der Waals surface area (Å²) in [6.45, 7) is 2.02. The molecule has 0 radical (unpaired) electrons. The standard InChI is InChI=1S/C19H12BrClN2S/c1-12-18(14-4-6-16(20)7-5-14)23-19(24-12)15(11-22)10-13-2-8-17(21)9-3-13/h2-10H,1H3. The third-order valence-corrected chi connectivity index (χ3v) is 5.23. The highest BCUT2D eigenvalue weighted by atomic mass is 79.9. The smallest absolute Gasteiger partial charge is 0.134 e. The van der Waals surface area contributed by atoms with E-state index < -0.39 is 0 Å². The molecule has 0 saturated carbocycles. The number of aryl methyl sites for hydroxylation is 1. The van der Waals surface area contributed by atoms with Gasteiger partial charge in [0.25, 0.3) is 0 Å². The molecule has 0 spiro atoms. The molecule has 0 aliphatic rings. The maximum Gasteiger partial charge on any atom is 0.134 e. The zero-order valence-corrected chi connectivity index (χ0v) is 15.9. The van der Waals surface area contributed by atoms with E-state index in [2.05, 4.69) is 27.0 Å². The summed E-state index contributed by atoms with van der Waals surface area (Å²) in [5, 5.41) is 10.9. The van der Waals surface area contributed by atoms with E-state index in [-0.39, 0.29) is 0 Å². The van der Waals surface area contributed by atoms with Gasteiger partial charge in [0.15, 0.2) is 0 Å². The molecule has 0 saturated heterocycles. The second-order valence-electron chi connectivity index (χ2n) is 5.15. The normalized spacial score (nSPS) is 11.3. The van der Waals surface area contributed by atoms with Crippen LogP contribution in [0, 0.1) is 18.3 Å². The fraction of sp³-hybridized carbons (Fsp3) is 0.0526. The van der Waals surface area contributed by atoms with Crippen LogP contribution in [0.5, 0.6) is 0 Å². The van der Waals surface area contributed by atoms with Crippen LogP contribution in [-0.2, 0) is 0 Å². The van der Waals surface area contributed by atoms with Crippen molar-refractivity contribution in [2.45, 2.75) is 6.92 Å². The number of halogens is 2. The quantitative estimate of drug-likeness (QED) is 0.452. The lowest BCUT2D eigenvalue weighted by atomic mass is 10.1. The van der Waals surface area contributed by atoms with Crippen LogP contribution in [0.3, 0.4) is 0 Å². The molecule has 0 fully saturated rings. The van der Waals surface area contributed by atoms with E-state index in [4.69, 9.17) is 11.6 Å². The van der Waals surface area contributed by atoms with Gasteiger partial charge < -0.3 is 0 Å². The van der Waals surface area contributed by atoms with Gasteiger partial charge in [-0.2, -0.15) is 5.26 Å². The van der Waals surface area contributed by atoms with Crippen molar-refractivity contribution < 1.29 is 0 Å². The number of benzene rings is 2. The number of thiazole rings is 1. The van der Waals surface area contributed by atoms with E-state index in [0.29, 0.717) is 10.6 Å². The Balaban J connectivity index is 1.99. The first kappa shape index (κ1) is 16.9. The van der Waals surface area contributed by atoms with Gasteiger partial charge in [-0.25, -0.2) is 4.98 Å². The molecule has 5 heteroatoms. The molecule has 118 valence electrons. The minimum Gasteiger partial charge on any atom is -0.235 e. The summed E-state index contributed by atoms with van der Waals surface area (Å²) in [6.07, 6.45) is 1.83. The van der Waals surface area contributed by atoms with E-state index in [1.165, 1.54) is 11.3 Å². The van der Waals surface area contributed by atoms with Crippen LogP contribution in [-0.4, -0.2) is 4.98 Å². The summed E-state index contributed by atoms with van der Waals surface area (Å²) in [5.74, 6) is 0. The summed E-state index contributed by atoms with van der Waals surface area (Å²) in [7, 11) is 0. The lowest BCUT2D eigenvalue weighted by Crippen LogP contribution is -1.83. The third-order valence-electron chi connectivity index (χ3n) is 3.45. The molecule has 0 amide bonds. The average molecular weight is 416 g/mol. The predicted octanol–water partition coefficient (Wildman–Crippen LogP) is 6.60. The Kier molecular flexibility index (Phi) is 5.15. The molecule has 0 bridgehead atoms. The van der Waals surface area contributed by atoms with Crippen LogP contribution in [0.4, 0.5) is 0 Å². The first-order chi connectivity index (χ1) is 11.6. The molecule has 2 aromatic carbocycles. The molecule has 0 aliphatic carbocycles. The predicted molar refractivity (Wildman–Crippen MR) is 105 cm³/mol. The second-order valence-corrected chi connectivity index (χ2v) is 7.71.